The van der Waals surface area contributed by atoms with Crippen LogP contribution in [0.25, 0.3) is 0 Å². The van der Waals surface area contributed by atoms with Crippen molar-refractivity contribution in [1.82, 2.24) is 10.3 Å². The molecule has 1 heterocycles. The summed E-state index contributed by atoms with van der Waals surface area (Å²) in [5.41, 5.74) is 0.793. The normalized spacial score (nSPS) is 10.3. The minimum Gasteiger partial charge on any atom is -0.351 e. The third kappa shape index (κ3) is 4.54. The molecule has 1 aromatic carbocycles. The van der Waals surface area contributed by atoms with Crippen molar-refractivity contribution in [2.45, 2.75) is 19.8 Å². The number of hydrogen-bond acceptors (Lipinski definition) is 4. The lowest BCUT2D eigenvalue weighted by atomic mass is 10.2. The zero-order chi connectivity index (χ0) is 15.9. The molecule has 0 fully saturated rings. The van der Waals surface area contributed by atoms with Gasteiger partial charge in [0, 0.05) is 22.5 Å². The van der Waals surface area contributed by atoms with Gasteiger partial charge in [0.1, 0.15) is 5.69 Å². The number of carbonyl (C=O) groups excluding carboxylic acids is 2. The van der Waals surface area contributed by atoms with Gasteiger partial charge in [-0.1, -0.05) is 24.9 Å². The summed E-state index contributed by atoms with van der Waals surface area (Å²) in [6.07, 6.45) is 1.94. The number of thiazole rings is 1. The minimum atomic E-state index is -0.288. The van der Waals surface area contributed by atoms with Crippen molar-refractivity contribution >= 4 is 39.9 Å². The fraction of sp³-hybridized carbons (Fsp3) is 0.267. The van der Waals surface area contributed by atoms with E-state index in [-0.39, 0.29) is 11.8 Å². The van der Waals surface area contributed by atoms with Crippen LogP contribution in [0.5, 0.6) is 0 Å². The van der Waals surface area contributed by atoms with E-state index < -0.39 is 0 Å². The van der Waals surface area contributed by atoms with Gasteiger partial charge < -0.3 is 5.32 Å². The lowest BCUT2D eigenvalue weighted by Crippen LogP contribution is -2.24. The predicted molar refractivity (Wildman–Crippen MR) is 88.8 cm³/mol. The highest BCUT2D eigenvalue weighted by molar-refractivity contribution is 7.14. The molecule has 0 unspecified atom stereocenters. The van der Waals surface area contributed by atoms with Crippen LogP contribution in [-0.2, 0) is 0 Å². The molecule has 0 aliphatic carbocycles. The lowest BCUT2D eigenvalue weighted by molar-refractivity contribution is 0.0947. The summed E-state index contributed by atoms with van der Waals surface area (Å²) >= 11 is 6.99. The number of rotatable bonds is 6. The van der Waals surface area contributed by atoms with Crippen LogP contribution >= 0.6 is 22.9 Å². The number of nitrogens with one attached hydrogen (secondary N) is 2. The Kier molecular flexibility index (Phi) is 5.91. The van der Waals surface area contributed by atoms with Crippen molar-refractivity contribution < 1.29 is 9.59 Å². The Labute approximate surface area is 137 Å². The van der Waals surface area contributed by atoms with Crippen LogP contribution in [0.3, 0.4) is 0 Å². The van der Waals surface area contributed by atoms with Gasteiger partial charge >= 0.3 is 0 Å². The van der Waals surface area contributed by atoms with Gasteiger partial charge in [-0.25, -0.2) is 4.98 Å². The summed E-state index contributed by atoms with van der Waals surface area (Å²) in [5.74, 6) is -0.513. The van der Waals surface area contributed by atoms with Crippen LogP contribution in [0.2, 0.25) is 5.02 Å². The van der Waals surface area contributed by atoms with Crippen molar-refractivity contribution in [2.24, 2.45) is 0 Å². The molecule has 0 saturated heterocycles. The molecule has 5 nitrogen and oxygen atoms in total. The Hall–Kier alpha value is -1.92. The highest BCUT2D eigenvalue weighted by atomic mass is 35.5. The van der Waals surface area contributed by atoms with E-state index in [1.165, 1.54) is 11.3 Å². The smallest absolute Gasteiger partial charge is 0.270 e. The van der Waals surface area contributed by atoms with Crippen molar-refractivity contribution in [1.29, 1.82) is 0 Å². The number of amides is 2. The maximum absolute atomic E-state index is 12.0. The molecule has 0 spiro atoms. The third-order valence-corrected chi connectivity index (χ3v) is 3.89. The highest BCUT2D eigenvalue weighted by Gasteiger charge is 2.12. The van der Waals surface area contributed by atoms with Gasteiger partial charge in [0.2, 0.25) is 0 Å². The van der Waals surface area contributed by atoms with E-state index in [2.05, 4.69) is 22.5 Å². The maximum Gasteiger partial charge on any atom is 0.270 e. The summed E-state index contributed by atoms with van der Waals surface area (Å²) < 4.78 is 0. The number of anilines is 1. The van der Waals surface area contributed by atoms with Gasteiger partial charge in [0.05, 0.1) is 0 Å². The molecule has 22 heavy (non-hydrogen) atoms. The molecule has 2 N–H and O–H groups in total. The van der Waals surface area contributed by atoms with Crippen LogP contribution in [0.1, 0.15) is 40.6 Å². The monoisotopic (exact) mass is 337 g/mol. The van der Waals surface area contributed by atoms with Crippen LogP contribution < -0.4 is 10.6 Å². The average Bonchev–Trinajstić information content (AvgIpc) is 2.96. The standard InChI is InChI=1S/C15H16ClN3O2S/c1-2-3-8-17-14(21)12-9-22-15(18-12)19-13(20)10-4-6-11(16)7-5-10/h4-7,9H,2-3,8H2,1H3,(H,17,21)(H,18,19,20). The first-order valence-corrected chi connectivity index (χ1v) is 8.16. The number of nitrogens with zero attached hydrogens (tertiary/aromatic N) is 1. The molecule has 116 valence electrons. The maximum atomic E-state index is 12.0. The zero-order valence-electron chi connectivity index (χ0n) is 12.1. The third-order valence-electron chi connectivity index (χ3n) is 2.88. The Balaban J connectivity index is 1.95. The molecule has 7 heteroatoms. The molecule has 0 saturated carbocycles. The largest absolute Gasteiger partial charge is 0.351 e. The topological polar surface area (TPSA) is 71.1 Å². The number of halogens is 1. The van der Waals surface area contributed by atoms with E-state index in [9.17, 15) is 9.59 Å². The SMILES string of the molecule is CCCCNC(=O)c1csc(NC(=O)c2ccc(Cl)cc2)n1. The average molecular weight is 338 g/mol. The van der Waals surface area contributed by atoms with Crippen molar-refractivity contribution in [3.05, 3.63) is 45.9 Å². The first kappa shape index (κ1) is 16.5. The molecule has 0 radical (unpaired) electrons. The fourth-order valence-corrected chi connectivity index (χ4v) is 2.49. The van der Waals surface area contributed by atoms with E-state index >= 15 is 0 Å². The second-order valence-corrected chi connectivity index (χ2v) is 5.90. The summed E-state index contributed by atoms with van der Waals surface area (Å²) in [4.78, 5) is 28.0. The van der Waals surface area contributed by atoms with Gasteiger partial charge in [0.25, 0.3) is 11.8 Å². The molecule has 0 aliphatic heterocycles. The zero-order valence-corrected chi connectivity index (χ0v) is 13.6. The van der Waals surface area contributed by atoms with Gasteiger partial charge in [0.15, 0.2) is 5.13 Å². The number of unbranched alkanes of at least 4 members (excludes halogenated alkanes) is 1. The molecular weight excluding hydrogens is 322 g/mol. The van der Waals surface area contributed by atoms with Crippen molar-refractivity contribution in [2.75, 3.05) is 11.9 Å². The van der Waals surface area contributed by atoms with Crippen LogP contribution in [0, 0.1) is 0 Å². The second kappa shape index (κ2) is 7.91. The Morgan fingerprint density at radius 3 is 2.64 bits per heavy atom. The first-order chi connectivity index (χ1) is 10.6. The van der Waals surface area contributed by atoms with Gasteiger partial charge in [-0.3, -0.25) is 14.9 Å². The molecule has 0 bridgehead atoms. The molecule has 0 atom stereocenters. The molecule has 2 amide bonds. The molecule has 2 aromatic rings. The van der Waals surface area contributed by atoms with Gasteiger partial charge in [-0.05, 0) is 30.7 Å². The summed E-state index contributed by atoms with van der Waals surface area (Å²) in [7, 11) is 0. The van der Waals surface area contributed by atoms with E-state index in [4.69, 9.17) is 11.6 Å². The second-order valence-electron chi connectivity index (χ2n) is 4.61. The fourth-order valence-electron chi connectivity index (χ4n) is 1.68. The molecular formula is C15H16ClN3O2S. The Bertz CT molecular complexity index is 655. The van der Waals surface area contributed by atoms with Gasteiger partial charge in [-0.2, -0.15) is 0 Å². The lowest BCUT2D eigenvalue weighted by Gasteiger charge is -2.02. The van der Waals surface area contributed by atoms with Crippen LogP contribution in [0.4, 0.5) is 5.13 Å². The van der Waals surface area contributed by atoms with Crippen molar-refractivity contribution in [3.63, 3.8) is 0 Å². The number of carbonyl (C=O) groups is 2. The summed E-state index contributed by atoms with van der Waals surface area (Å²) in [5, 5.41) is 8.03. The van der Waals surface area contributed by atoms with Crippen molar-refractivity contribution in [3.8, 4) is 0 Å². The summed E-state index contributed by atoms with van der Waals surface area (Å²) in [6.45, 7) is 2.68. The minimum absolute atomic E-state index is 0.225. The van der Waals surface area contributed by atoms with E-state index in [0.29, 0.717) is 28.0 Å². The molecule has 0 aliphatic rings. The number of aromatic nitrogens is 1. The first-order valence-electron chi connectivity index (χ1n) is 6.90. The molecule has 2 rings (SSSR count). The molecule has 1 aromatic heterocycles. The van der Waals surface area contributed by atoms with Gasteiger partial charge in [-0.15, -0.1) is 11.3 Å². The predicted octanol–water partition coefficient (Wildman–Crippen LogP) is 3.58. The summed E-state index contributed by atoms with van der Waals surface area (Å²) in [6, 6.07) is 6.54. The Morgan fingerprint density at radius 1 is 1.23 bits per heavy atom. The van der Waals surface area contributed by atoms with Crippen LogP contribution in [0.15, 0.2) is 29.6 Å². The highest BCUT2D eigenvalue weighted by Crippen LogP contribution is 2.17. The van der Waals surface area contributed by atoms with Crippen LogP contribution in [-0.4, -0.2) is 23.3 Å². The number of benzene rings is 1. The van der Waals surface area contributed by atoms with E-state index in [1.54, 1.807) is 29.6 Å². The number of hydrogen-bond donors (Lipinski definition) is 2. The quantitative estimate of drug-likeness (QED) is 0.791. The van der Waals surface area contributed by atoms with E-state index in [0.717, 1.165) is 12.8 Å². The van der Waals surface area contributed by atoms with E-state index in [1.807, 2.05) is 0 Å². The Morgan fingerprint density at radius 2 is 1.95 bits per heavy atom.